The first kappa shape index (κ1) is 18.1. The molecule has 0 heterocycles. The molecule has 0 aromatic heterocycles. The third kappa shape index (κ3) is 3.28. The molecule has 1 rings (SSSR count). The second-order valence-corrected chi connectivity index (χ2v) is 4.84. The molecule has 0 aliphatic carbocycles. The molecule has 0 bridgehead atoms. The molecule has 0 unspecified atom stereocenters. The summed E-state index contributed by atoms with van der Waals surface area (Å²) in [6, 6.07) is 4.49. The van der Waals surface area contributed by atoms with Gasteiger partial charge in [0.05, 0.1) is 5.56 Å². The highest BCUT2D eigenvalue weighted by Crippen LogP contribution is 2.46. The summed E-state index contributed by atoms with van der Waals surface area (Å²) in [5.41, 5.74) is -1.30. The largest absolute Gasteiger partial charge is 0.427 e. The molecule has 0 spiro atoms. The zero-order valence-corrected chi connectivity index (χ0v) is 11.9. The molecule has 0 atom stereocenters. The average Bonchev–Trinajstić information content (AvgIpc) is 2.38. The topological polar surface area (TPSA) is 9.23 Å². The average molecular weight is 324 g/mol. The molecule has 0 aliphatic rings. The van der Waals surface area contributed by atoms with Gasteiger partial charge in [-0.15, -0.1) is 0 Å². The van der Waals surface area contributed by atoms with Crippen molar-refractivity contribution in [3.63, 3.8) is 0 Å². The van der Waals surface area contributed by atoms with E-state index in [1.165, 1.54) is 12.1 Å². The first-order chi connectivity index (χ1) is 9.82. The van der Waals surface area contributed by atoms with E-state index in [9.17, 15) is 26.3 Å². The summed E-state index contributed by atoms with van der Waals surface area (Å²) >= 11 is 0. The molecule has 1 nitrogen and oxygen atoms in total. The number of alkyl halides is 6. The van der Waals surface area contributed by atoms with Crippen molar-refractivity contribution < 1.29 is 31.1 Å². The Balaban J connectivity index is 3.04. The van der Waals surface area contributed by atoms with Gasteiger partial charge in [0.1, 0.15) is 0 Å². The molecule has 0 saturated heterocycles. The van der Waals surface area contributed by atoms with Crippen LogP contribution in [0.4, 0.5) is 26.3 Å². The van der Waals surface area contributed by atoms with Crippen molar-refractivity contribution >= 4 is 0 Å². The first-order valence-corrected chi connectivity index (χ1v) is 6.07. The van der Waals surface area contributed by atoms with Gasteiger partial charge in [-0.2, -0.15) is 26.3 Å². The summed E-state index contributed by atoms with van der Waals surface area (Å²) in [6.45, 7) is 7.54. The van der Waals surface area contributed by atoms with E-state index in [0.29, 0.717) is 12.5 Å². The number of halogens is 6. The second kappa shape index (κ2) is 5.70. The minimum atomic E-state index is -5.02. The highest BCUT2D eigenvalue weighted by atomic mass is 19.3. The molecule has 22 heavy (non-hydrogen) atoms. The Labute approximate surface area is 123 Å². The van der Waals surface area contributed by atoms with Crippen LogP contribution < -0.4 is 0 Å². The molecular formula is C15H14F6O. The van der Waals surface area contributed by atoms with Crippen LogP contribution in [0.2, 0.25) is 0 Å². The fraction of sp³-hybridized carbons (Fsp3) is 0.333. The van der Waals surface area contributed by atoms with Crippen LogP contribution in [0.25, 0.3) is 0 Å². The molecule has 0 radical (unpaired) electrons. The molecule has 0 amide bonds. The third-order valence-electron chi connectivity index (χ3n) is 2.92. The number of hydrogen-bond acceptors (Lipinski definition) is 1. The number of benzene rings is 1. The van der Waals surface area contributed by atoms with Crippen LogP contribution in [-0.2, 0) is 10.8 Å². The van der Waals surface area contributed by atoms with E-state index in [2.05, 4.69) is 17.9 Å². The van der Waals surface area contributed by atoms with Gasteiger partial charge in [-0.1, -0.05) is 30.9 Å². The molecule has 0 aliphatic heterocycles. The number of aryl methyl sites for hydroxylation is 1. The monoisotopic (exact) mass is 324 g/mol. The maximum absolute atomic E-state index is 13.8. The predicted molar refractivity (Wildman–Crippen MR) is 70.0 cm³/mol. The minimum Gasteiger partial charge on any atom is -0.427 e. The van der Waals surface area contributed by atoms with Crippen molar-refractivity contribution in [3.05, 3.63) is 59.9 Å². The number of allylic oxidation sites excluding steroid dienone is 2. The zero-order valence-electron chi connectivity index (χ0n) is 11.9. The molecule has 1 aromatic carbocycles. The summed E-state index contributed by atoms with van der Waals surface area (Å²) in [4.78, 5) is 0. The third-order valence-corrected chi connectivity index (χ3v) is 2.92. The lowest BCUT2D eigenvalue weighted by Gasteiger charge is -2.30. The van der Waals surface area contributed by atoms with Crippen LogP contribution in [0, 0.1) is 6.92 Å². The zero-order chi connectivity index (χ0) is 17.3. The second-order valence-electron chi connectivity index (χ2n) is 4.84. The molecule has 1 aromatic rings. The molecule has 122 valence electrons. The maximum atomic E-state index is 13.8. The Kier molecular flexibility index (Phi) is 4.70. The van der Waals surface area contributed by atoms with Crippen LogP contribution in [-0.4, -0.2) is 11.8 Å². The summed E-state index contributed by atoms with van der Waals surface area (Å²) < 4.78 is 85.2. The van der Waals surface area contributed by atoms with E-state index in [1.54, 1.807) is 6.92 Å². The van der Waals surface area contributed by atoms with Gasteiger partial charge in [0.25, 0.3) is 0 Å². The highest BCUT2D eigenvalue weighted by Gasteiger charge is 2.61. The highest BCUT2D eigenvalue weighted by molar-refractivity contribution is 5.25. The van der Waals surface area contributed by atoms with Gasteiger partial charge in [-0.05, 0) is 31.6 Å². The van der Waals surface area contributed by atoms with Crippen molar-refractivity contribution in [2.24, 2.45) is 0 Å². The molecule has 7 heteroatoms. The predicted octanol–water partition coefficient (Wildman–Crippen LogP) is 5.42. The SMILES string of the molecule is C=C(C)C(F)(F)C(F)(F)C(=C)OC(F)(F)c1ccc(C)cc1. The van der Waals surface area contributed by atoms with Gasteiger partial charge in [-0.25, -0.2) is 0 Å². The lowest BCUT2D eigenvalue weighted by Crippen LogP contribution is -2.44. The number of ether oxygens (including phenoxy) is 1. The molecule has 0 saturated carbocycles. The number of rotatable bonds is 6. The van der Waals surface area contributed by atoms with Gasteiger partial charge in [0.2, 0.25) is 0 Å². The van der Waals surface area contributed by atoms with Gasteiger partial charge in [0, 0.05) is 0 Å². The van der Waals surface area contributed by atoms with Gasteiger partial charge in [0.15, 0.2) is 5.76 Å². The first-order valence-electron chi connectivity index (χ1n) is 6.07. The van der Waals surface area contributed by atoms with Crippen molar-refractivity contribution in [2.45, 2.75) is 31.8 Å². The fourth-order valence-electron chi connectivity index (χ4n) is 1.47. The van der Waals surface area contributed by atoms with Gasteiger partial charge >= 0.3 is 18.0 Å². The fourth-order valence-corrected chi connectivity index (χ4v) is 1.47. The van der Waals surface area contributed by atoms with Crippen LogP contribution in [0.15, 0.2) is 48.8 Å². The summed E-state index contributed by atoms with van der Waals surface area (Å²) in [6.07, 6.45) is -4.22. The smallest absolute Gasteiger partial charge is 0.426 e. The Morgan fingerprint density at radius 2 is 1.36 bits per heavy atom. The summed E-state index contributed by atoms with van der Waals surface area (Å²) in [7, 11) is 0. The quantitative estimate of drug-likeness (QED) is 0.386. The van der Waals surface area contributed by atoms with Crippen molar-refractivity contribution in [1.29, 1.82) is 0 Å². The van der Waals surface area contributed by atoms with E-state index in [0.717, 1.165) is 12.1 Å². The van der Waals surface area contributed by atoms with E-state index in [-0.39, 0.29) is 0 Å². The van der Waals surface area contributed by atoms with Crippen molar-refractivity contribution in [2.75, 3.05) is 0 Å². The van der Waals surface area contributed by atoms with Crippen LogP contribution >= 0.6 is 0 Å². The lowest BCUT2D eigenvalue weighted by atomic mass is 10.0. The maximum Gasteiger partial charge on any atom is 0.426 e. The van der Waals surface area contributed by atoms with Crippen LogP contribution in [0.1, 0.15) is 18.1 Å². The van der Waals surface area contributed by atoms with E-state index in [1.807, 2.05) is 0 Å². The van der Waals surface area contributed by atoms with Gasteiger partial charge < -0.3 is 4.74 Å². The summed E-state index contributed by atoms with van der Waals surface area (Å²) in [5, 5.41) is 0. The summed E-state index contributed by atoms with van der Waals surface area (Å²) in [5.74, 6) is -11.8. The standard InChI is InChI=1S/C15H14F6O/c1-9(2)13(16,17)14(18,19)11(4)22-15(20,21)12-7-5-10(3)6-8-12/h5-8H,1,4H2,2-3H3. The van der Waals surface area contributed by atoms with E-state index >= 15 is 0 Å². The number of hydrogen-bond donors (Lipinski definition) is 0. The molecule has 0 fully saturated rings. The van der Waals surface area contributed by atoms with Crippen molar-refractivity contribution in [1.82, 2.24) is 0 Å². The normalized spacial score (nSPS) is 12.9. The molecular weight excluding hydrogens is 310 g/mol. The Morgan fingerprint density at radius 1 is 0.909 bits per heavy atom. The van der Waals surface area contributed by atoms with Gasteiger partial charge in [-0.3, -0.25) is 0 Å². The van der Waals surface area contributed by atoms with Crippen LogP contribution in [0.5, 0.6) is 0 Å². The van der Waals surface area contributed by atoms with Crippen molar-refractivity contribution in [3.8, 4) is 0 Å². The Bertz CT molecular complexity index is 574. The van der Waals surface area contributed by atoms with Crippen LogP contribution in [0.3, 0.4) is 0 Å². The lowest BCUT2D eigenvalue weighted by molar-refractivity contribution is -0.265. The molecule has 0 N–H and O–H groups in total. The Morgan fingerprint density at radius 3 is 1.77 bits per heavy atom. The van der Waals surface area contributed by atoms with E-state index < -0.39 is 34.8 Å². The Hall–Kier alpha value is -1.92. The minimum absolute atomic E-state index is 0.650. The van der Waals surface area contributed by atoms with E-state index in [4.69, 9.17) is 0 Å².